The first-order chi connectivity index (χ1) is 12.0. The zero-order chi connectivity index (χ0) is 17.2. The second kappa shape index (κ2) is 5.18. The van der Waals surface area contributed by atoms with Crippen LogP contribution in [0.25, 0.3) is 11.1 Å². The van der Waals surface area contributed by atoms with Crippen LogP contribution < -0.4 is 0 Å². The fraction of sp³-hybridized carbons (Fsp3) is 0.429. The van der Waals surface area contributed by atoms with Gasteiger partial charge in [-0.25, -0.2) is 8.42 Å². The van der Waals surface area contributed by atoms with Gasteiger partial charge < -0.3 is 5.11 Å². The Morgan fingerprint density at radius 2 is 1.32 bits per heavy atom. The Hall–Kier alpha value is -1.65. The number of aliphatic hydroxyl groups is 1. The fourth-order valence-corrected chi connectivity index (χ4v) is 8.03. The third-order valence-electron chi connectivity index (χ3n) is 6.51. The smallest absolute Gasteiger partial charge is 0.156 e. The van der Waals surface area contributed by atoms with Crippen molar-refractivity contribution < 1.29 is 13.5 Å². The topological polar surface area (TPSA) is 54.4 Å². The van der Waals surface area contributed by atoms with E-state index in [1.54, 1.807) is 0 Å². The zero-order valence-corrected chi connectivity index (χ0v) is 14.9. The summed E-state index contributed by atoms with van der Waals surface area (Å²) < 4.78 is 25.4. The van der Waals surface area contributed by atoms with Crippen molar-refractivity contribution >= 4 is 9.84 Å². The van der Waals surface area contributed by atoms with E-state index in [0.717, 1.165) is 17.5 Å². The van der Waals surface area contributed by atoms with Crippen molar-refractivity contribution in [1.82, 2.24) is 0 Å². The maximum Gasteiger partial charge on any atom is 0.156 e. The highest BCUT2D eigenvalue weighted by Gasteiger charge is 2.55. The van der Waals surface area contributed by atoms with Crippen molar-refractivity contribution in [1.29, 1.82) is 0 Å². The lowest BCUT2D eigenvalue weighted by Gasteiger charge is -2.47. The summed E-state index contributed by atoms with van der Waals surface area (Å²) in [5.74, 6) is -0.126. The number of benzene rings is 2. The molecule has 4 heteroatoms. The van der Waals surface area contributed by atoms with Gasteiger partial charge in [0.2, 0.25) is 0 Å². The van der Waals surface area contributed by atoms with Crippen molar-refractivity contribution in [2.45, 2.75) is 54.1 Å². The third-order valence-corrected chi connectivity index (χ3v) is 9.18. The first kappa shape index (κ1) is 15.6. The van der Waals surface area contributed by atoms with Crippen LogP contribution in [0.4, 0.5) is 0 Å². The lowest BCUT2D eigenvalue weighted by atomic mass is 9.72. The number of sulfone groups is 1. The molecule has 0 aromatic heterocycles. The number of hydrogen-bond donors (Lipinski definition) is 1. The SMILES string of the molecule is O=S1(=O)C2CCCC1CC(O)(C1c3ccccc3-c3ccccc31)C2. The van der Waals surface area contributed by atoms with Crippen LogP contribution in [0.3, 0.4) is 0 Å². The molecule has 0 radical (unpaired) electrons. The largest absolute Gasteiger partial charge is 0.389 e. The standard InChI is InChI=1S/C21H22O3S/c22-21(12-14-6-5-7-15(13-21)25(14,23)24)20-18-10-3-1-8-16(18)17-9-2-4-11-19(17)20/h1-4,8-11,14-15,20,22H,5-7,12-13H2. The molecule has 2 aromatic carbocycles. The molecule has 3 aliphatic rings. The van der Waals surface area contributed by atoms with Gasteiger partial charge in [0.25, 0.3) is 0 Å². The summed E-state index contributed by atoms with van der Waals surface area (Å²) in [5, 5.41) is 11.0. The van der Waals surface area contributed by atoms with E-state index in [2.05, 4.69) is 24.3 Å². The highest BCUT2D eigenvalue weighted by atomic mass is 32.2. The normalized spacial score (nSPS) is 32.8. The van der Waals surface area contributed by atoms with Crippen LogP contribution in [-0.2, 0) is 9.84 Å². The second-order valence-electron chi connectivity index (χ2n) is 7.88. The van der Waals surface area contributed by atoms with E-state index in [0.29, 0.717) is 25.7 Å². The Morgan fingerprint density at radius 3 is 1.84 bits per heavy atom. The van der Waals surface area contributed by atoms with Crippen molar-refractivity contribution in [3.05, 3.63) is 59.7 Å². The molecule has 3 nitrogen and oxygen atoms in total. The molecule has 0 saturated carbocycles. The summed E-state index contributed by atoms with van der Waals surface area (Å²) in [5.41, 5.74) is 3.65. The van der Waals surface area contributed by atoms with Crippen molar-refractivity contribution in [3.8, 4) is 11.1 Å². The molecule has 2 atom stereocenters. The molecule has 0 spiro atoms. The Balaban J connectivity index is 1.66. The molecule has 1 aliphatic carbocycles. The Morgan fingerprint density at radius 1 is 0.840 bits per heavy atom. The molecule has 2 unspecified atom stereocenters. The summed E-state index contributed by atoms with van der Waals surface area (Å²) in [4.78, 5) is 0. The van der Waals surface area contributed by atoms with E-state index >= 15 is 0 Å². The monoisotopic (exact) mass is 354 g/mol. The number of rotatable bonds is 1. The molecule has 1 N–H and O–H groups in total. The van der Waals surface area contributed by atoms with Crippen LogP contribution in [0.15, 0.2) is 48.5 Å². The quantitative estimate of drug-likeness (QED) is 0.850. The predicted octanol–water partition coefficient (Wildman–Crippen LogP) is 3.66. The molecular weight excluding hydrogens is 332 g/mol. The van der Waals surface area contributed by atoms with Gasteiger partial charge in [0, 0.05) is 5.92 Å². The Labute approximate surface area is 148 Å². The van der Waals surface area contributed by atoms with Crippen molar-refractivity contribution in [2.75, 3.05) is 0 Å². The zero-order valence-electron chi connectivity index (χ0n) is 14.1. The first-order valence-corrected chi connectivity index (χ1v) is 10.7. The van der Waals surface area contributed by atoms with E-state index in [-0.39, 0.29) is 16.4 Å². The molecule has 0 amide bonds. The van der Waals surface area contributed by atoms with Crippen molar-refractivity contribution in [3.63, 3.8) is 0 Å². The van der Waals surface area contributed by atoms with E-state index in [9.17, 15) is 13.5 Å². The van der Waals surface area contributed by atoms with Gasteiger partial charge in [0.15, 0.2) is 9.84 Å². The first-order valence-electron chi connectivity index (χ1n) is 9.14. The molecule has 2 heterocycles. The summed E-state index contributed by atoms with van der Waals surface area (Å²) in [6.07, 6.45) is 3.06. The highest BCUT2D eigenvalue weighted by molar-refractivity contribution is 7.92. The van der Waals surface area contributed by atoms with Crippen LogP contribution in [0, 0.1) is 0 Å². The molecule has 2 saturated heterocycles. The summed E-state index contributed by atoms with van der Waals surface area (Å²) in [6, 6.07) is 16.5. The van der Waals surface area contributed by atoms with Gasteiger partial charge in [-0.1, -0.05) is 55.0 Å². The second-order valence-corrected chi connectivity index (χ2v) is 10.4. The maximum absolute atomic E-state index is 12.7. The molecule has 130 valence electrons. The predicted molar refractivity (Wildman–Crippen MR) is 98.3 cm³/mol. The van der Waals surface area contributed by atoms with Crippen LogP contribution in [-0.4, -0.2) is 29.6 Å². The van der Waals surface area contributed by atoms with Crippen molar-refractivity contribution in [2.24, 2.45) is 0 Å². The molecule has 5 rings (SSSR count). The number of hydrogen-bond acceptors (Lipinski definition) is 3. The molecule has 2 aliphatic heterocycles. The lowest BCUT2D eigenvalue weighted by molar-refractivity contribution is -0.00460. The maximum atomic E-state index is 12.7. The summed E-state index contributed by atoms with van der Waals surface area (Å²) >= 11 is 0. The lowest BCUT2D eigenvalue weighted by Crippen LogP contribution is -2.54. The van der Waals surface area contributed by atoms with Crippen LogP contribution in [0.2, 0.25) is 0 Å². The molecule has 2 fully saturated rings. The van der Waals surface area contributed by atoms with Crippen LogP contribution >= 0.6 is 0 Å². The van der Waals surface area contributed by atoms with E-state index < -0.39 is 15.4 Å². The van der Waals surface area contributed by atoms with Crippen LogP contribution in [0.5, 0.6) is 0 Å². The van der Waals surface area contributed by atoms with Gasteiger partial charge in [-0.2, -0.15) is 0 Å². The average molecular weight is 354 g/mol. The van der Waals surface area contributed by atoms with Crippen LogP contribution in [0.1, 0.15) is 49.1 Å². The van der Waals surface area contributed by atoms with E-state index in [1.165, 1.54) is 11.1 Å². The molecule has 2 aromatic rings. The number of fused-ring (bicyclic) bond motifs is 5. The Kier molecular flexibility index (Phi) is 3.23. The van der Waals surface area contributed by atoms with Gasteiger partial charge >= 0.3 is 0 Å². The van der Waals surface area contributed by atoms with Gasteiger partial charge in [0.05, 0.1) is 16.1 Å². The summed E-state index contributed by atoms with van der Waals surface area (Å²) in [6.45, 7) is 0. The highest BCUT2D eigenvalue weighted by Crippen LogP contribution is 2.55. The van der Waals surface area contributed by atoms with E-state index in [4.69, 9.17) is 0 Å². The van der Waals surface area contributed by atoms with E-state index in [1.807, 2.05) is 24.3 Å². The fourth-order valence-electron chi connectivity index (χ4n) is 5.45. The minimum atomic E-state index is -3.08. The van der Waals surface area contributed by atoms with Gasteiger partial charge in [-0.15, -0.1) is 0 Å². The van der Waals surface area contributed by atoms with Gasteiger partial charge in [0.1, 0.15) is 0 Å². The minimum absolute atomic E-state index is 0.126. The average Bonchev–Trinajstić information content (AvgIpc) is 2.92. The third kappa shape index (κ3) is 2.10. The molecule has 25 heavy (non-hydrogen) atoms. The summed E-state index contributed by atoms with van der Waals surface area (Å²) in [7, 11) is -3.08. The molecule has 2 bridgehead atoms. The molecular formula is C21H22O3S. The Bertz CT molecular complexity index is 882. The van der Waals surface area contributed by atoms with Gasteiger partial charge in [-0.05, 0) is 47.9 Å². The minimum Gasteiger partial charge on any atom is -0.389 e. The van der Waals surface area contributed by atoms with Gasteiger partial charge in [-0.3, -0.25) is 0 Å².